The van der Waals surface area contributed by atoms with Gasteiger partial charge in [0.2, 0.25) is 0 Å². The maximum atomic E-state index is 5.69. The van der Waals surface area contributed by atoms with Crippen molar-refractivity contribution in [1.82, 2.24) is 15.5 Å². The van der Waals surface area contributed by atoms with Crippen LogP contribution in [0.15, 0.2) is 35.3 Å². The number of likely N-dealkylation sites (tertiary alicyclic amines) is 1. The van der Waals surface area contributed by atoms with Gasteiger partial charge in [0.25, 0.3) is 0 Å². The van der Waals surface area contributed by atoms with Gasteiger partial charge in [0, 0.05) is 32.2 Å². The average molecular weight is 446 g/mol. The smallest absolute Gasteiger partial charge is 0.191 e. The predicted molar refractivity (Wildman–Crippen MR) is 112 cm³/mol. The molecule has 24 heavy (non-hydrogen) atoms. The van der Waals surface area contributed by atoms with Gasteiger partial charge in [-0.3, -0.25) is 9.89 Å². The standard InChI is InChI=1S/C18H30N4O.HI/c1-14(2)22-12-15(3)17(13-22)21-18(19-4)20-10-11-23-16-8-6-5-7-9-16;/h5-9,14-15,17H,10-13H2,1-4H3,(H2,19,20,21);1H. The summed E-state index contributed by atoms with van der Waals surface area (Å²) in [5.41, 5.74) is 0. The molecule has 1 heterocycles. The number of nitrogens with zero attached hydrogens (tertiary/aromatic N) is 2. The molecule has 1 aliphatic heterocycles. The summed E-state index contributed by atoms with van der Waals surface area (Å²) in [4.78, 5) is 6.83. The fourth-order valence-corrected chi connectivity index (χ4v) is 2.84. The normalized spacial score (nSPS) is 21.5. The summed E-state index contributed by atoms with van der Waals surface area (Å²) in [7, 11) is 1.81. The van der Waals surface area contributed by atoms with Crippen LogP contribution >= 0.6 is 24.0 Å². The number of rotatable bonds is 6. The summed E-state index contributed by atoms with van der Waals surface area (Å²) in [6.07, 6.45) is 0. The Hall–Kier alpha value is -1.02. The van der Waals surface area contributed by atoms with E-state index in [1.807, 2.05) is 37.4 Å². The molecule has 136 valence electrons. The highest BCUT2D eigenvalue weighted by Gasteiger charge is 2.31. The quantitative estimate of drug-likeness (QED) is 0.305. The van der Waals surface area contributed by atoms with Crippen LogP contribution in [0, 0.1) is 5.92 Å². The van der Waals surface area contributed by atoms with Gasteiger partial charge in [-0.15, -0.1) is 24.0 Å². The molecule has 1 aliphatic rings. The van der Waals surface area contributed by atoms with Crippen LogP contribution in [-0.4, -0.2) is 56.2 Å². The van der Waals surface area contributed by atoms with E-state index in [-0.39, 0.29) is 24.0 Å². The zero-order chi connectivity index (χ0) is 16.7. The van der Waals surface area contributed by atoms with E-state index in [9.17, 15) is 0 Å². The largest absolute Gasteiger partial charge is 0.492 e. The van der Waals surface area contributed by atoms with Crippen LogP contribution in [-0.2, 0) is 0 Å². The van der Waals surface area contributed by atoms with Crippen molar-refractivity contribution in [3.8, 4) is 5.75 Å². The molecular weight excluding hydrogens is 415 g/mol. The van der Waals surface area contributed by atoms with Gasteiger partial charge >= 0.3 is 0 Å². The lowest BCUT2D eigenvalue weighted by Crippen LogP contribution is -2.47. The van der Waals surface area contributed by atoms with Crippen molar-refractivity contribution in [3.63, 3.8) is 0 Å². The van der Waals surface area contributed by atoms with Gasteiger partial charge in [-0.1, -0.05) is 25.1 Å². The van der Waals surface area contributed by atoms with E-state index in [4.69, 9.17) is 4.74 Å². The number of guanidine groups is 1. The molecule has 0 spiro atoms. The molecule has 1 aromatic rings. The zero-order valence-corrected chi connectivity index (χ0v) is 17.5. The van der Waals surface area contributed by atoms with Crippen molar-refractivity contribution in [2.24, 2.45) is 10.9 Å². The highest BCUT2D eigenvalue weighted by atomic mass is 127. The number of aliphatic imine (C=N–C) groups is 1. The van der Waals surface area contributed by atoms with E-state index in [0.717, 1.165) is 31.3 Å². The number of hydrogen-bond acceptors (Lipinski definition) is 3. The molecule has 1 fully saturated rings. The van der Waals surface area contributed by atoms with Crippen molar-refractivity contribution in [3.05, 3.63) is 30.3 Å². The number of para-hydroxylation sites is 1. The second kappa shape index (κ2) is 10.8. The first-order valence-corrected chi connectivity index (χ1v) is 8.49. The minimum Gasteiger partial charge on any atom is -0.492 e. The number of halogens is 1. The minimum absolute atomic E-state index is 0. The summed E-state index contributed by atoms with van der Waals surface area (Å²) in [5, 5.41) is 6.87. The van der Waals surface area contributed by atoms with Crippen LogP contribution in [0.1, 0.15) is 20.8 Å². The first-order chi connectivity index (χ1) is 11.1. The molecule has 2 atom stereocenters. The van der Waals surface area contributed by atoms with E-state index < -0.39 is 0 Å². The zero-order valence-electron chi connectivity index (χ0n) is 15.2. The van der Waals surface area contributed by atoms with Gasteiger partial charge < -0.3 is 15.4 Å². The highest BCUT2D eigenvalue weighted by Crippen LogP contribution is 2.18. The first-order valence-electron chi connectivity index (χ1n) is 8.49. The van der Waals surface area contributed by atoms with E-state index in [1.54, 1.807) is 0 Å². The predicted octanol–water partition coefficient (Wildman–Crippen LogP) is 2.58. The van der Waals surface area contributed by atoms with Crippen LogP contribution in [0.3, 0.4) is 0 Å². The molecule has 2 N–H and O–H groups in total. The molecule has 0 radical (unpaired) electrons. The molecule has 0 bridgehead atoms. The number of hydrogen-bond donors (Lipinski definition) is 2. The molecule has 5 nitrogen and oxygen atoms in total. The summed E-state index contributed by atoms with van der Waals surface area (Å²) in [5.74, 6) is 2.37. The molecule has 0 aromatic heterocycles. The number of benzene rings is 1. The summed E-state index contributed by atoms with van der Waals surface area (Å²) in [6.45, 7) is 10.4. The number of nitrogens with one attached hydrogen (secondary N) is 2. The van der Waals surface area contributed by atoms with Crippen LogP contribution in [0.5, 0.6) is 5.75 Å². The van der Waals surface area contributed by atoms with Crippen molar-refractivity contribution < 1.29 is 4.74 Å². The molecule has 6 heteroatoms. The molecule has 1 aromatic carbocycles. The van der Waals surface area contributed by atoms with Crippen molar-refractivity contribution in [2.75, 3.05) is 33.3 Å². The Morgan fingerprint density at radius 3 is 2.58 bits per heavy atom. The second-order valence-corrected chi connectivity index (χ2v) is 6.44. The van der Waals surface area contributed by atoms with E-state index >= 15 is 0 Å². The molecule has 2 unspecified atom stereocenters. The van der Waals surface area contributed by atoms with Gasteiger partial charge in [0.05, 0.1) is 6.54 Å². The summed E-state index contributed by atoms with van der Waals surface area (Å²) in [6, 6.07) is 10.9. The lowest BCUT2D eigenvalue weighted by atomic mass is 10.1. The summed E-state index contributed by atoms with van der Waals surface area (Å²) < 4.78 is 5.69. The molecule has 0 amide bonds. The van der Waals surface area contributed by atoms with Gasteiger partial charge in [0.1, 0.15) is 12.4 Å². The first kappa shape index (κ1) is 21.0. The Bertz CT molecular complexity index is 495. The Kier molecular flexibility index (Phi) is 9.43. The van der Waals surface area contributed by atoms with E-state index in [1.165, 1.54) is 0 Å². The molecule has 1 saturated heterocycles. The Morgan fingerprint density at radius 2 is 2.00 bits per heavy atom. The van der Waals surface area contributed by atoms with Gasteiger partial charge in [-0.05, 0) is 31.9 Å². The van der Waals surface area contributed by atoms with Gasteiger partial charge in [0.15, 0.2) is 5.96 Å². The van der Waals surface area contributed by atoms with E-state index in [2.05, 4.69) is 41.3 Å². The fourth-order valence-electron chi connectivity index (χ4n) is 2.84. The minimum atomic E-state index is 0. The van der Waals surface area contributed by atoms with Crippen molar-refractivity contribution in [2.45, 2.75) is 32.9 Å². The average Bonchev–Trinajstić information content (AvgIpc) is 2.92. The summed E-state index contributed by atoms with van der Waals surface area (Å²) >= 11 is 0. The lowest BCUT2D eigenvalue weighted by molar-refractivity contribution is 0.265. The molecule has 0 saturated carbocycles. The van der Waals surface area contributed by atoms with Crippen molar-refractivity contribution in [1.29, 1.82) is 0 Å². The molecule has 0 aliphatic carbocycles. The van der Waals surface area contributed by atoms with Crippen molar-refractivity contribution >= 4 is 29.9 Å². The van der Waals surface area contributed by atoms with Crippen LogP contribution < -0.4 is 15.4 Å². The molecule has 2 rings (SSSR count). The monoisotopic (exact) mass is 446 g/mol. The Labute approximate surface area is 163 Å². The Balaban J connectivity index is 0.00000288. The third-order valence-corrected chi connectivity index (χ3v) is 4.32. The van der Waals surface area contributed by atoms with Crippen LogP contribution in [0.25, 0.3) is 0 Å². The van der Waals surface area contributed by atoms with Crippen LogP contribution in [0.2, 0.25) is 0 Å². The topological polar surface area (TPSA) is 48.9 Å². The van der Waals surface area contributed by atoms with Crippen LogP contribution in [0.4, 0.5) is 0 Å². The van der Waals surface area contributed by atoms with E-state index in [0.29, 0.717) is 24.6 Å². The maximum Gasteiger partial charge on any atom is 0.191 e. The maximum absolute atomic E-state index is 5.69. The molecular formula is C18H31IN4O. The third-order valence-electron chi connectivity index (χ3n) is 4.32. The van der Waals surface area contributed by atoms with Gasteiger partial charge in [-0.25, -0.2) is 0 Å². The SMILES string of the molecule is CN=C(NCCOc1ccccc1)NC1CN(C(C)C)CC1C.I. The van der Waals surface area contributed by atoms with Gasteiger partial charge in [-0.2, -0.15) is 0 Å². The Morgan fingerprint density at radius 1 is 1.29 bits per heavy atom. The highest BCUT2D eigenvalue weighted by molar-refractivity contribution is 14.0. The number of ether oxygens (including phenoxy) is 1. The second-order valence-electron chi connectivity index (χ2n) is 6.44. The third kappa shape index (κ3) is 6.47. The fraction of sp³-hybridized carbons (Fsp3) is 0.611. The lowest BCUT2D eigenvalue weighted by Gasteiger charge is -2.22.